The zero-order chi connectivity index (χ0) is 26.7. The van der Waals surface area contributed by atoms with Crippen LogP contribution in [0.1, 0.15) is 47.6 Å². The van der Waals surface area contributed by atoms with Crippen LogP contribution in [0.3, 0.4) is 0 Å². The zero-order valence-corrected chi connectivity index (χ0v) is 20.8. The molecule has 1 saturated carbocycles. The van der Waals surface area contributed by atoms with E-state index in [1.807, 2.05) is 0 Å². The van der Waals surface area contributed by atoms with Gasteiger partial charge in [-0.3, -0.25) is 19.0 Å². The van der Waals surface area contributed by atoms with Crippen molar-refractivity contribution < 1.29 is 28.6 Å². The second-order valence-corrected chi connectivity index (χ2v) is 9.65. The largest absolute Gasteiger partial charge is 0.501 e. The van der Waals surface area contributed by atoms with Gasteiger partial charge in [0.2, 0.25) is 5.75 Å². The van der Waals surface area contributed by atoms with E-state index < -0.39 is 40.4 Å². The van der Waals surface area contributed by atoms with Crippen LogP contribution in [0.2, 0.25) is 0 Å². The summed E-state index contributed by atoms with van der Waals surface area (Å²) in [5.74, 6) is -3.02. The molecule has 2 aromatic rings. The number of hydrogen-bond acceptors (Lipinski definition) is 8. The molecule has 0 spiro atoms. The molecule has 1 aromatic carbocycles. The number of halogens is 1. The van der Waals surface area contributed by atoms with Crippen LogP contribution in [0.5, 0.6) is 5.75 Å². The fourth-order valence-electron chi connectivity index (χ4n) is 4.87. The number of aromatic hydroxyl groups is 1. The van der Waals surface area contributed by atoms with E-state index in [0.29, 0.717) is 30.8 Å². The van der Waals surface area contributed by atoms with Crippen molar-refractivity contribution in [2.75, 3.05) is 27.2 Å². The summed E-state index contributed by atoms with van der Waals surface area (Å²) >= 11 is 0. The number of aromatic nitrogens is 2. The lowest BCUT2D eigenvalue weighted by molar-refractivity contribution is -0.158. The molecule has 0 unspecified atom stereocenters. The molecule has 3 aliphatic rings. The molecule has 12 heteroatoms. The smallest absolute Gasteiger partial charge is 0.397 e. The monoisotopic (exact) mass is 515 g/mol. The number of hydrogen-bond donors (Lipinski definition) is 3. The maximum atomic E-state index is 13.2. The van der Waals surface area contributed by atoms with E-state index in [1.54, 1.807) is 0 Å². The Bertz CT molecular complexity index is 1250. The van der Waals surface area contributed by atoms with Crippen molar-refractivity contribution in [2.45, 2.75) is 44.3 Å². The van der Waals surface area contributed by atoms with Crippen LogP contribution in [-0.2, 0) is 33.0 Å². The van der Waals surface area contributed by atoms with Gasteiger partial charge in [0.05, 0.1) is 5.54 Å². The number of carbonyl (C=O) groups excluding carboxylic acids is 3. The van der Waals surface area contributed by atoms with E-state index in [-0.39, 0.29) is 31.3 Å². The molecule has 0 radical (unpaired) electrons. The predicted octanol–water partition coefficient (Wildman–Crippen LogP) is 0.638. The minimum atomic E-state index is -0.964. The molecule has 5 rings (SSSR count). The topological polar surface area (TPSA) is 143 Å². The van der Waals surface area contributed by atoms with E-state index in [9.17, 15) is 28.7 Å². The Kier molecular flexibility index (Phi) is 7.58. The first-order valence-corrected chi connectivity index (χ1v) is 12.1. The molecule has 3 heterocycles. The van der Waals surface area contributed by atoms with Gasteiger partial charge >= 0.3 is 11.9 Å². The van der Waals surface area contributed by atoms with E-state index in [1.165, 1.54) is 42.9 Å². The lowest BCUT2D eigenvalue weighted by atomic mass is 9.77. The predicted molar refractivity (Wildman–Crippen MR) is 129 cm³/mol. The average molecular weight is 516 g/mol. The summed E-state index contributed by atoms with van der Waals surface area (Å²) in [5, 5.41) is 16.5. The molecule has 1 aliphatic carbocycles. The third-order valence-corrected chi connectivity index (χ3v) is 6.93. The van der Waals surface area contributed by atoms with Crippen LogP contribution in [0, 0.1) is 11.7 Å². The van der Waals surface area contributed by atoms with Crippen molar-refractivity contribution in [3.63, 3.8) is 0 Å². The Labute approximate surface area is 212 Å². The molecule has 2 amide bonds. The van der Waals surface area contributed by atoms with Gasteiger partial charge in [0, 0.05) is 33.7 Å². The number of fused-ring (bicyclic) bond motifs is 2. The standard InChI is InChI=1S/C25H30FN5O6/c1-30(2)22(35)23(36)37-12-11-28-25-9-7-16(8-10-25)14-31-21(34)19(32)18(29-24(25)31)20(33)27-13-15-3-5-17(26)6-4-15/h3-6,16,28,32H,7-14H2,1-2H3,(H,27,33). The molecule has 0 atom stereocenters. The second-order valence-electron chi connectivity index (χ2n) is 9.65. The van der Waals surface area contributed by atoms with Crippen molar-refractivity contribution in [3.8, 4) is 5.75 Å². The maximum Gasteiger partial charge on any atom is 0.397 e. The molecule has 1 fully saturated rings. The van der Waals surface area contributed by atoms with Crippen molar-refractivity contribution in [3.05, 3.63) is 57.5 Å². The third kappa shape index (κ3) is 5.48. The Morgan fingerprint density at radius 2 is 1.89 bits per heavy atom. The van der Waals surface area contributed by atoms with Crippen molar-refractivity contribution in [2.24, 2.45) is 5.92 Å². The molecular formula is C25H30FN5O6. The molecule has 2 bridgehead atoms. The molecule has 37 heavy (non-hydrogen) atoms. The number of esters is 1. The van der Waals surface area contributed by atoms with E-state index in [4.69, 9.17) is 4.74 Å². The molecule has 11 nitrogen and oxygen atoms in total. The lowest BCUT2D eigenvalue weighted by Crippen LogP contribution is -2.48. The van der Waals surface area contributed by atoms with Gasteiger partial charge in [0.25, 0.3) is 11.5 Å². The SMILES string of the molecule is CN(C)C(=O)C(=O)OCCNC12CCC(CC1)Cn1c2nc(C(=O)NCc2ccc(F)cc2)c(O)c1=O. The normalized spacial score (nSPS) is 20.0. The minimum absolute atomic E-state index is 0.0567. The summed E-state index contributed by atoms with van der Waals surface area (Å²) in [7, 11) is 2.90. The van der Waals surface area contributed by atoms with Crippen LogP contribution < -0.4 is 16.2 Å². The number of rotatable bonds is 7. The number of nitrogens with one attached hydrogen (secondary N) is 2. The van der Waals surface area contributed by atoms with Gasteiger partial charge in [-0.05, 0) is 49.3 Å². The minimum Gasteiger partial charge on any atom is -0.501 e. The molecule has 3 N–H and O–H groups in total. The maximum absolute atomic E-state index is 13.2. The number of ether oxygens (including phenoxy) is 1. The first kappa shape index (κ1) is 26.3. The highest BCUT2D eigenvalue weighted by atomic mass is 19.1. The lowest BCUT2D eigenvalue weighted by Gasteiger charge is -2.37. The van der Waals surface area contributed by atoms with Gasteiger partial charge in [0.1, 0.15) is 18.2 Å². The summed E-state index contributed by atoms with van der Waals surface area (Å²) in [6, 6.07) is 5.58. The Hall–Kier alpha value is -3.80. The first-order valence-electron chi connectivity index (χ1n) is 12.1. The van der Waals surface area contributed by atoms with Crippen molar-refractivity contribution in [1.82, 2.24) is 25.1 Å². The highest BCUT2D eigenvalue weighted by Crippen LogP contribution is 2.42. The molecule has 1 aromatic heterocycles. The third-order valence-electron chi connectivity index (χ3n) is 6.93. The van der Waals surface area contributed by atoms with Gasteiger partial charge in [-0.2, -0.15) is 0 Å². The highest BCUT2D eigenvalue weighted by molar-refractivity contribution is 6.32. The number of carbonyl (C=O) groups is 3. The molecule has 198 valence electrons. The Morgan fingerprint density at radius 3 is 2.54 bits per heavy atom. The number of likely N-dealkylation sites (N-methyl/N-ethyl adjacent to an activating group) is 1. The van der Waals surface area contributed by atoms with Crippen LogP contribution in [-0.4, -0.2) is 64.6 Å². The number of nitrogens with zero attached hydrogens (tertiary/aromatic N) is 3. The quantitative estimate of drug-likeness (QED) is 0.277. The van der Waals surface area contributed by atoms with Gasteiger partial charge in [-0.1, -0.05) is 12.1 Å². The highest BCUT2D eigenvalue weighted by Gasteiger charge is 2.44. The van der Waals surface area contributed by atoms with E-state index in [2.05, 4.69) is 15.6 Å². The van der Waals surface area contributed by atoms with Crippen molar-refractivity contribution >= 4 is 17.8 Å². The molecule has 2 aliphatic heterocycles. The van der Waals surface area contributed by atoms with Crippen LogP contribution >= 0.6 is 0 Å². The summed E-state index contributed by atoms with van der Waals surface area (Å²) in [6.07, 6.45) is 2.88. The van der Waals surface area contributed by atoms with Gasteiger partial charge in [-0.15, -0.1) is 0 Å². The Balaban J connectivity index is 1.55. The molecule has 0 saturated heterocycles. The van der Waals surface area contributed by atoms with E-state index in [0.717, 1.165) is 17.7 Å². The average Bonchev–Trinajstić information content (AvgIpc) is 3.14. The molecular weight excluding hydrogens is 485 g/mol. The van der Waals surface area contributed by atoms with E-state index >= 15 is 0 Å². The first-order chi connectivity index (χ1) is 17.6. The van der Waals surface area contributed by atoms with Crippen LogP contribution in [0.25, 0.3) is 0 Å². The fraction of sp³-hybridized carbons (Fsp3) is 0.480. The second kappa shape index (κ2) is 10.7. The summed E-state index contributed by atoms with van der Waals surface area (Å²) in [5.41, 5.74) is -1.21. The Morgan fingerprint density at radius 1 is 1.22 bits per heavy atom. The van der Waals surface area contributed by atoms with Crippen molar-refractivity contribution in [1.29, 1.82) is 0 Å². The zero-order valence-electron chi connectivity index (χ0n) is 20.8. The summed E-state index contributed by atoms with van der Waals surface area (Å²) in [4.78, 5) is 55.2. The van der Waals surface area contributed by atoms with Gasteiger partial charge in [0.15, 0.2) is 5.69 Å². The summed E-state index contributed by atoms with van der Waals surface area (Å²) in [6.45, 7) is 0.556. The van der Waals surface area contributed by atoms with Crippen LogP contribution in [0.15, 0.2) is 29.1 Å². The number of amides is 2. The van der Waals surface area contributed by atoms with Crippen LogP contribution in [0.4, 0.5) is 4.39 Å². The van der Waals surface area contributed by atoms with Gasteiger partial charge < -0.3 is 25.4 Å². The number of benzene rings is 1. The summed E-state index contributed by atoms with van der Waals surface area (Å²) < 4.78 is 19.6. The van der Waals surface area contributed by atoms with Gasteiger partial charge in [-0.25, -0.2) is 14.2 Å². The fourth-order valence-corrected chi connectivity index (χ4v) is 4.87.